The van der Waals surface area contributed by atoms with Crippen molar-refractivity contribution in [2.24, 2.45) is 52.2 Å². The summed E-state index contributed by atoms with van der Waals surface area (Å²) in [6, 6.07) is -0.753. The van der Waals surface area contributed by atoms with Crippen molar-refractivity contribution in [1.29, 1.82) is 10.8 Å². The number of fused-ring (bicyclic) bond motifs is 1. The summed E-state index contributed by atoms with van der Waals surface area (Å²) in [5.74, 6) is -20.7. The molecule has 0 bridgehead atoms. The molecular weight excluding hydrogens is 1620 g/mol. The van der Waals surface area contributed by atoms with Crippen molar-refractivity contribution in [3.63, 3.8) is 0 Å². The fraction of sp³-hybridized carbons (Fsp3) is 0.531. The Labute approximate surface area is 717 Å². The predicted molar refractivity (Wildman–Crippen MR) is 454 cm³/mol. The second-order valence-electron chi connectivity index (χ2n) is 31.1. The summed E-state index contributed by atoms with van der Waals surface area (Å²) >= 11 is 0. The highest BCUT2D eigenvalue weighted by Crippen LogP contribution is 2.22. The first-order valence-corrected chi connectivity index (χ1v) is 40.8. The number of amides is 14. The van der Waals surface area contributed by atoms with E-state index in [9.17, 15) is 97.1 Å². The number of para-hydroxylation sites is 1. The third-order valence-electron chi connectivity index (χ3n) is 20.0. The van der Waals surface area contributed by atoms with Gasteiger partial charge in [-0.05, 0) is 124 Å². The zero-order chi connectivity index (χ0) is 92.6. The highest BCUT2D eigenvalue weighted by molar-refractivity contribution is 6.02. The number of hydrogen-bond donors (Lipinski definition) is 27. The van der Waals surface area contributed by atoms with E-state index in [0.29, 0.717) is 40.4 Å². The summed E-state index contributed by atoms with van der Waals surface area (Å²) in [5, 5.41) is 92.1. The van der Waals surface area contributed by atoms with Gasteiger partial charge in [-0.3, -0.25) is 82.7 Å². The number of carboxylic acids is 2. The molecule has 0 aliphatic rings. The second-order valence-corrected chi connectivity index (χ2v) is 31.1. The molecule has 1 aromatic heterocycles. The minimum atomic E-state index is -2.02. The van der Waals surface area contributed by atoms with Crippen LogP contribution in [0.15, 0.2) is 85.1 Å². The normalized spacial score (nSPS) is 14.8. The standard InChI is InChI=1S/C81H123N23O20/c1-8-43(6)65(103-67(111)50(83)21-16-32-90-80(86)87)77(121)100-58(37-47-40-92-51-22-13-12-20-49(47)51)73(117)98-60(39-63(109)110)75(119)102-64(42(4)5)76(120)101-59(38-62(85)108)74(118)94-53(29-30-61(84)107)68(112)93-52(23-14-15-31-82)69(113)104-66(44(7)105)78(122)99-57(35-45-18-10-9-11-19-45)72(116)97-56(36-46-25-27-48(106)28-26-46)71(115)96-55(34-41(2)3)70(114)95-54(79(123)124)24-17-33-91-81(88)89/h9-13,18-20,22,25-28,40-44,50,52-60,64-66,92,105-106H,8,14-17,21,23-24,29-39,82-83H2,1-7H3,(H2,84,107)(H2,85,108)(H,93,112)(H,94,118)(H,95,114)(H,96,115)(H,97,116)(H,98,117)(H,99,122)(H,100,121)(H,101,120)(H,102,119)(H,103,111)(H,104,113)(H,109,110)(H,123,124)(H4,86,87,90)(H4,88,89,91)/t43-,44+,50-,52-,53-,54-,55-,56-,57-,58-,59-,60-,64-,65-,66-/m0/s1. The Bertz CT molecular complexity index is 4320. The number of aromatic nitrogens is 1. The zero-order valence-electron chi connectivity index (χ0n) is 70.6. The molecule has 15 atom stereocenters. The number of hydrogen-bond acceptors (Lipinski definition) is 22. The van der Waals surface area contributed by atoms with E-state index < -0.39 is 217 Å². The average Bonchev–Trinajstić information content (AvgIpc) is 1.63. The van der Waals surface area contributed by atoms with Crippen molar-refractivity contribution in [3.05, 3.63) is 102 Å². The van der Waals surface area contributed by atoms with Gasteiger partial charge in [0.25, 0.3) is 0 Å². The first-order chi connectivity index (χ1) is 58.5. The Hall–Kier alpha value is -13.1. The van der Waals surface area contributed by atoms with Gasteiger partial charge >= 0.3 is 11.9 Å². The fourth-order valence-electron chi connectivity index (χ4n) is 13.0. The molecule has 0 saturated heterocycles. The van der Waals surface area contributed by atoms with E-state index in [1.807, 2.05) is 0 Å². The van der Waals surface area contributed by atoms with Gasteiger partial charge in [0.05, 0.1) is 25.0 Å². The van der Waals surface area contributed by atoms with E-state index in [2.05, 4.69) is 79.4 Å². The Morgan fingerprint density at radius 3 is 1.40 bits per heavy atom. The van der Waals surface area contributed by atoms with Gasteiger partial charge in [0.15, 0.2) is 11.9 Å². The SMILES string of the molecule is CC[C@H](C)[C@H](NC(=O)[C@@H](N)CCCNC(=N)N)C(=O)N[C@@H](Cc1c[nH]c2ccccc12)C(=O)N[C@@H](CC(=O)O)C(=O)N[C@H](C(=O)N[C@@H](CC(N)=O)C(=O)N[C@@H](CCC(N)=O)C(=O)N[C@@H](CCCCN)C(=O)N[C@H](C(=O)N[C@@H](Cc1ccccc1)C(=O)N[C@@H](Cc1ccc(O)cc1)C(=O)N[C@@H](CC(C)C)C(=O)N[C@@H](CCCNC(=N)N)C(=O)O)[C@@H](C)O)C(C)C. The number of carbonyl (C=O) groups excluding carboxylic acids is 14. The van der Waals surface area contributed by atoms with Crippen molar-refractivity contribution in [2.45, 2.75) is 236 Å². The van der Waals surface area contributed by atoms with E-state index in [-0.39, 0.29) is 107 Å². The summed E-state index contributed by atoms with van der Waals surface area (Å²) in [5.41, 5.74) is 35.8. The number of nitrogens with one attached hydrogen (secondary N) is 17. The van der Waals surface area contributed by atoms with Crippen LogP contribution >= 0.6 is 0 Å². The number of carboxylic acid groups (broad SMARTS) is 2. The minimum Gasteiger partial charge on any atom is -0.508 e. The Kier molecular flexibility index (Phi) is 43.6. The van der Waals surface area contributed by atoms with Gasteiger partial charge in [-0.15, -0.1) is 0 Å². The van der Waals surface area contributed by atoms with Crippen LogP contribution in [0.2, 0.25) is 0 Å². The van der Waals surface area contributed by atoms with Gasteiger partial charge in [0, 0.05) is 55.9 Å². The summed E-state index contributed by atoms with van der Waals surface area (Å²) in [6.07, 6.45) is -3.60. The van der Waals surface area contributed by atoms with E-state index in [1.165, 1.54) is 38.1 Å². The lowest BCUT2D eigenvalue weighted by Crippen LogP contribution is -2.62. The summed E-state index contributed by atoms with van der Waals surface area (Å²) in [6.45, 7) is 11.2. The molecular formula is C81H123N23O20. The number of carbonyl (C=O) groups is 16. The number of unbranched alkanes of at least 4 members (excludes halogenated alkanes) is 1. The highest BCUT2D eigenvalue weighted by atomic mass is 16.4. The number of phenols is 1. The predicted octanol–water partition coefficient (Wildman–Crippen LogP) is -4.47. The van der Waals surface area contributed by atoms with Gasteiger partial charge in [-0.1, -0.05) is 109 Å². The summed E-state index contributed by atoms with van der Waals surface area (Å²) < 4.78 is 0. The Morgan fingerprint density at radius 1 is 0.435 bits per heavy atom. The molecule has 43 heteroatoms. The number of rotatable bonds is 56. The number of nitrogens with two attached hydrogens (primary N) is 6. The number of aromatic hydroxyl groups is 1. The van der Waals surface area contributed by atoms with Crippen molar-refractivity contribution in [2.75, 3.05) is 19.6 Å². The molecule has 0 aliphatic carbocycles. The number of aliphatic carboxylic acids is 2. The van der Waals surface area contributed by atoms with Gasteiger partial charge in [-0.25, -0.2) is 4.79 Å². The van der Waals surface area contributed by atoms with E-state index in [4.69, 9.17) is 45.2 Å². The van der Waals surface area contributed by atoms with Crippen LogP contribution in [0.5, 0.6) is 5.75 Å². The van der Waals surface area contributed by atoms with Crippen LogP contribution in [-0.4, -0.2) is 236 Å². The Morgan fingerprint density at radius 2 is 0.863 bits per heavy atom. The van der Waals surface area contributed by atoms with Crippen LogP contribution in [0.1, 0.15) is 149 Å². The molecule has 0 fully saturated rings. The molecule has 0 spiro atoms. The summed E-state index contributed by atoms with van der Waals surface area (Å²) in [4.78, 5) is 227. The van der Waals surface area contributed by atoms with Crippen LogP contribution in [0.25, 0.3) is 10.9 Å². The van der Waals surface area contributed by atoms with Gasteiger partial charge < -0.3 is 134 Å². The molecule has 124 heavy (non-hydrogen) atoms. The van der Waals surface area contributed by atoms with Crippen LogP contribution in [0.3, 0.4) is 0 Å². The molecule has 43 nitrogen and oxygen atoms in total. The van der Waals surface area contributed by atoms with Gasteiger partial charge in [-0.2, -0.15) is 0 Å². The molecule has 1 heterocycles. The second kappa shape index (κ2) is 52.3. The molecule has 0 radical (unpaired) electrons. The maximum atomic E-state index is 14.9. The van der Waals surface area contributed by atoms with Crippen molar-refractivity contribution < 1.29 is 97.1 Å². The first kappa shape index (κ1) is 103. The molecule has 0 saturated carbocycles. The van der Waals surface area contributed by atoms with Crippen molar-refractivity contribution in [1.82, 2.24) is 79.4 Å². The molecule has 14 amide bonds. The van der Waals surface area contributed by atoms with Crippen LogP contribution in [-0.2, 0) is 96.0 Å². The Balaban J connectivity index is 1.64. The molecule has 4 rings (SSSR count). The smallest absolute Gasteiger partial charge is 0.326 e. The lowest BCUT2D eigenvalue weighted by molar-refractivity contribution is -0.143. The maximum Gasteiger partial charge on any atom is 0.326 e. The fourth-order valence-corrected chi connectivity index (χ4v) is 13.0. The largest absolute Gasteiger partial charge is 0.508 e. The number of phenolic OH excluding ortho intramolecular Hbond substituents is 1. The summed E-state index contributed by atoms with van der Waals surface area (Å²) in [7, 11) is 0. The molecule has 3 aromatic carbocycles. The van der Waals surface area contributed by atoms with Crippen molar-refractivity contribution >= 4 is 117 Å². The number of aromatic amines is 1. The van der Waals surface area contributed by atoms with Crippen LogP contribution < -0.4 is 109 Å². The maximum absolute atomic E-state index is 14.9. The molecule has 0 aliphatic heterocycles. The lowest BCUT2D eigenvalue weighted by atomic mass is 9.96. The highest BCUT2D eigenvalue weighted by Gasteiger charge is 2.40. The zero-order valence-corrected chi connectivity index (χ0v) is 70.6. The number of aliphatic hydroxyl groups is 1. The van der Waals surface area contributed by atoms with Gasteiger partial charge in [0.1, 0.15) is 78.3 Å². The molecule has 4 aromatic rings. The number of primary amides is 2. The van der Waals surface area contributed by atoms with Crippen LogP contribution in [0.4, 0.5) is 0 Å². The monoisotopic (exact) mass is 1740 g/mol. The molecule has 682 valence electrons. The molecule has 0 unspecified atom stereocenters. The van der Waals surface area contributed by atoms with E-state index in [1.54, 1.807) is 88.5 Å². The van der Waals surface area contributed by atoms with Crippen molar-refractivity contribution in [3.8, 4) is 5.75 Å². The third kappa shape index (κ3) is 36.3. The minimum absolute atomic E-state index is 0.0271. The third-order valence-corrected chi connectivity index (χ3v) is 20.0. The lowest BCUT2D eigenvalue weighted by Gasteiger charge is -2.29. The van der Waals surface area contributed by atoms with Crippen LogP contribution in [0, 0.1) is 28.6 Å². The number of guanidine groups is 2. The number of H-pyrrole nitrogens is 1. The topological polar surface area (TPSA) is 742 Å². The van der Waals surface area contributed by atoms with E-state index in [0.717, 1.165) is 6.92 Å². The number of aliphatic hydroxyl groups excluding tert-OH is 1. The number of benzene rings is 3. The average molecular weight is 1740 g/mol. The van der Waals surface area contributed by atoms with Gasteiger partial charge in [0.2, 0.25) is 82.7 Å². The molecule has 33 N–H and O–H groups in total. The van der Waals surface area contributed by atoms with E-state index >= 15 is 0 Å². The quantitative estimate of drug-likeness (QED) is 0.0113. The first-order valence-electron chi connectivity index (χ1n) is 40.8.